The Morgan fingerprint density at radius 1 is 0.875 bits per heavy atom. The largest absolute Gasteiger partial charge is 0.384 e. The van der Waals surface area contributed by atoms with E-state index < -0.39 is 6.10 Å². The van der Waals surface area contributed by atoms with Crippen LogP contribution >= 0.6 is 0 Å². The van der Waals surface area contributed by atoms with E-state index in [9.17, 15) is 5.11 Å². The molecule has 82 valence electrons. The predicted molar refractivity (Wildman–Crippen MR) is 66.4 cm³/mol. The molecule has 1 heteroatoms. The maximum absolute atomic E-state index is 10.3. The van der Waals surface area contributed by atoms with Crippen molar-refractivity contribution in [3.63, 3.8) is 0 Å². The van der Waals surface area contributed by atoms with Crippen LogP contribution in [0.25, 0.3) is 0 Å². The third-order valence-corrected chi connectivity index (χ3v) is 2.88. The molecule has 0 heterocycles. The summed E-state index contributed by atoms with van der Waals surface area (Å²) in [6.45, 7) is 4.07. The molecule has 0 spiro atoms. The van der Waals surface area contributed by atoms with Crippen LogP contribution in [0.15, 0.2) is 48.5 Å². The molecule has 0 saturated heterocycles. The number of aryl methyl sites for hydroxylation is 2. The molecule has 0 aliphatic carbocycles. The van der Waals surface area contributed by atoms with Gasteiger partial charge in [0.25, 0.3) is 0 Å². The first-order valence-corrected chi connectivity index (χ1v) is 5.48. The van der Waals surface area contributed by atoms with Crippen molar-refractivity contribution in [1.82, 2.24) is 0 Å². The molecule has 2 rings (SSSR count). The van der Waals surface area contributed by atoms with Crippen molar-refractivity contribution in [2.45, 2.75) is 20.0 Å². The van der Waals surface area contributed by atoms with Crippen LogP contribution in [0.3, 0.4) is 0 Å². The van der Waals surface area contributed by atoms with E-state index in [0.717, 1.165) is 16.7 Å². The summed E-state index contributed by atoms with van der Waals surface area (Å²) in [4.78, 5) is 0. The Balaban J connectivity index is 2.35. The first-order chi connectivity index (χ1) is 7.68. The van der Waals surface area contributed by atoms with E-state index in [2.05, 4.69) is 0 Å². The maximum atomic E-state index is 10.3. The fourth-order valence-electron chi connectivity index (χ4n) is 1.82. The minimum absolute atomic E-state index is 0.526. The van der Waals surface area contributed by atoms with Gasteiger partial charge >= 0.3 is 0 Å². The standard InChI is InChI=1S/C15H16O/c1-11-7-9-13(10-8-11)15(16)14-6-4-3-5-12(14)2/h3-10,15-16H,1-2H3. The fraction of sp³-hybridized carbons (Fsp3) is 0.200. The van der Waals surface area contributed by atoms with Gasteiger partial charge in [-0.15, -0.1) is 0 Å². The molecule has 2 aromatic rings. The van der Waals surface area contributed by atoms with Crippen LogP contribution in [0, 0.1) is 13.8 Å². The summed E-state index contributed by atoms with van der Waals surface area (Å²) in [7, 11) is 0. The SMILES string of the molecule is Cc1ccc(C(O)c2ccccc2C)cc1. The van der Waals surface area contributed by atoms with E-state index in [4.69, 9.17) is 0 Å². The molecule has 1 N–H and O–H groups in total. The molecule has 2 aromatic carbocycles. The van der Waals surface area contributed by atoms with Crippen molar-refractivity contribution >= 4 is 0 Å². The molecule has 16 heavy (non-hydrogen) atoms. The highest BCUT2D eigenvalue weighted by atomic mass is 16.3. The van der Waals surface area contributed by atoms with E-state index in [-0.39, 0.29) is 0 Å². The van der Waals surface area contributed by atoms with Gasteiger partial charge in [0.1, 0.15) is 6.10 Å². The van der Waals surface area contributed by atoms with E-state index >= 15 is 0 Å². The molecule has 0 saturated carbocycles. The summed E-state index contributed by atoms with van der Waals surface area (Å²) in [5.41, 5.74) is 4.25. The summed E-state index contributed by atoms with van der Waals surface area (Å²) in [5.74, 6) is 0. The van der Waals surface area contributed by atoms with Gasteiger partial charge in [-0.3, -0.25) is 0 Å². The Hall–Kier alpha value is -1.60. The monoisotopic (exact) mass is 212 g/mol. The van der Waals surface area contributed by atoms with Crippen LogP contribution in [-0.2, 0) is 0 Å². The minimum Gasteiger partial charge on any atom is -0.384 e. The molecule has 0 amide bonds. The number of rotatable bonds is 2. The average molecular weight is 212 g/mol. The van der Waals surface area contributed by atoms with Gasteiger partial charge < -0.3 is 5.11 Å². The summed E-state index contributed by atoms with van der Waals surface area (Å²) in [6.07, 6.45) is -0.526. The molecule has 0 bridgehead atoms. The van der Waals surface area contributed by atoms with Crippen LogP contribution in [0.4, 0.5) is 0 Å². The molecule has 1 unspecified atom stereocenters. The minimum atomic E-state index is -0.526. The van der Waals surface area contributed by atoms with E-state index in [1.54, 1.807) is 0 Å². The summed E-state index contributed by atoms with van der Waals surface area (Å²) in [6, 6.07) is 15.9. The van der Waals surface area contributed by atoms with Crippen LogP contribution < -0.4 is 0 Å². The summed E-state index contributed by atoms with van der Waals surface area (Å²) >= 11 is 0. The quantitative estimate of drug-likeness (QED) is 0.809. The van der Waals surface area contributed by atoms with Gasteiger partial charge in [0.15, 0.2) is 0 Å². The first kappa shape index (κ1) is 10.9. The van der Waals surface area contributed by atoms with Crippen LogP contribution in [-0.4, -0.2) is 5.11 Å². The Labute approximate surface area is 96.4 Å². The molecule has 0 aliphatic rings. The average Bonchev–Trinajstić information content (AvgIpc) is 2.30. The summed E-state index contributed by atoms with van der Waals surface area (Å²) < 4.78 is 0. The molecule has 0 radical (unpaired) electrons. The van der Waals surface area contributed by atoms with Gasteiger partial charge in [-0.1, -0.05) is 54.1 Å². The van der Waals surface area contributed by atoms with Gasteiger partial charge in [-0.05, 0) is 30.5 Å². The highest BCUT2D eigenvalue weighted by Gasteiger charge is 2.11. The van der Waals surface area contributed by atoms with Crippen LogP contribution in [0.5, 0.6) is 0 Å². The van der Waals surface area contributed by atoms with Gasteiger partial charge in [-0.25, -0.2) is 0 Å². The van der Waals surface area contributed by atoms with Gasteiger partial charge in [0.2, 0.25) is 0 Å². The lowest BCUT2D eigenvalue weighted by Crippen LogP contribution is -2.01. The van der Waals surface area contributed by atoms with E-state index in [0.29, 0.717) is 0 Å². The molecule has 1 atom stereocenters. The van der Waals surface area contributed by atoms with E-state index in [1.165, 1.54) is 5.56 Å². The van der Waals surface area contributed by atoms with Crippen molar-refractivity contribution in [3.8, 4) is 0 Å². The maximum Gasteiger partial charge on any atom is 0.104 e. The molecular weight excluding hydrogens is 196 g/mol. The molecule has 0 aliphatic heterocycles. The summed E-state index contributed by atoms with van der Waals surface area (Å²) in [5, 5.41) is 10.3. The van der Waals surface area contributed by atoms with Gasteiger partial charge in [0.05, 0.1) is 0 Å². The number of hydrogen-bond acceptors (Lipinski definition) is 1. The van der Waals surface area contributed by atoms with Crippen molar-refractivity contribution in [3.05, 3.63) is 70.8 Å². The van der Waals surface area contributed by atoms with Gasteiger partial charge in [-0.2, -0.15) is 0 Å². The second-order valence-corrected chi connectivity index (χ2v) is 4.17. The smallest absolute Gasteiger partial charge is 0.104 e. The second kappa shape index (κ2) is 4.50. The highest BCUT2D eigenvalue weighted by Crippen LogP contribution is 2.24. The molecule has 0 fully saturated rings. The second-order valence-electron chi connectivity index (χ2n) is 4.17. The van der Waals surface area contributed by atoms with E-state index in [1.807, 2.05) is 62.4 Å². The topological polar surface area (TPSA) is 20.2 Å². The van der Waals surface area contributed by atoms with Crippen LogP contribution in [0.1, 0.15) is 28.4 Å². The Kier molecular flexibility index (Phi) is 3.07. The normalized spacial score (nSPS) is 12.4. The lowest BCUT2D eigenvalue weighted by molar-refractivity contribution is 0.219. The lowest BCUT2D eigenvalue weighted by atomic mass is 9.97. The third kappa shape index (κ3) is 2.15. The van der Waals surface area contributed by atoms with Crippen molar-refractivity contribution in [2.75, 3.05) is 0 Å². The first-order valence-electron chi connectivity index (χ1n) is 5.48. The number of aliphatic hydroxyl groups excluding tert-OH is 1. The Morgan fingerprint density at radius 2 is 1.50 bits per heavy atom. The zero-order valence-corrected chi connectivity index (χ0v) is 9.64. The Bertz CT molecular complexity index is 471. The molecule has 0 aromatic heterocycles. The van der Waals surface area contributed by atoms with Crippen molar-refractivity contribution in [1.29, 1.82) is 0 Å². The number of benzene rings is 2. The number of hydrogen-bond donors (Lipinski definition) is 1. The lowest BCUT2D eigenvalue weighted by Gasteiger charge is -2.14. The van der Waals surface area contributed by atoms with Crippen molar-refractivity contribution < 1.29 is 5.11 Å². The van der Waals surface area contributed by atoms with Crippen LogP contribution in [0.2, 0.25) is 0 Å². The molecular formula is C15H16O. The fourth-order valence-corrected chi connectivity index (χ4v) is 1.82. The number of aliphatic hydroxyl groups is 1. The zero-order valence-electron chi connectivity index (χ0n) is 9.64. The Morgan fingerprint density at radius 3 is 2.12 bits per heavy atom. The predicted octanol–water partition coefficient (Wildman–Crippen LogP) is 3.39. The van der Waals surface area contributed by atoms with Gasteiger partial charge in [0, 0.05) is 0 Å². The highest BCUT2D eigenvalue weighted by molar-refractivity contribution is 5.35. The van der Waals surface area contributed by atoms with Crippen molar-refractivity contribution in [2.24, 2.45) is 0 Å². The zero-order chi connectivity index (χ0) is 11.5. The molecule has 1 nitrogen and oxygen atoms in total. The third-order valence-electron chi connectivity index (χ3n) is 2.88.